The molecule has 0 saturated heterocycles. The molecule has 1 N–H and O–H groups in total. The van der Waals surface area contributed by atoms with Gasteiger partial charge in [-0.1, -0.05) is 6.07 Å². The summed E-state index contributed by atoms with van der Waals surface area (Å²) in [6.07, 6.45) is 4.32. The third kappa shape index (κ3) is 4.15. The molecule has 0 bridgehead atoms. The van der Waals surface area contributed by atoms with Crippen LogP contribution >= 0.6 is 11.3 Å². The zero-order valence-corrected chi connectivity index (χ0v) is 16.1. The molecule has 1 amide bonds. The number of nitrogens with zero attached hydrogens (tertiary/aromatic N) is 5. The summed E-state index contributed by atoms with van der Waals surface area (Å²) >= 11 is 1.43. The number of benzene rings is 1. The molecule has 11 heteroatoms. The van der Waals surface area contributed by atoms with Crippen LogP contribution in [-0.4, -0.2) is 30.2 Å². The lowest BCUT2D eigenvalue weighted by molar-refractivity contribution is 0.0950. The lowest BCUT2D eigenvalue weighted by atomic mass is 10.2. The number of thiazole rings is 1. The fourth-order valence-electron chi connectivity index (χ4n) is 2.70. The number of hydrogen-bond donors (Lipinski definition) is 1. The minimum absolute atomic E-state index is 0.0446. The Morgan fingerprint density at radius 3 is 2.73 bits per heavy atom. The lowest BCUT2D eigenvalue weighted by Crippen LogP contribution is -2.26. The van der Waals surface area contributed by atoms with Crippen LogP contribution in [0.2, 0.25) is 0 Å². The van der Waals surface area contributed by atoms with Crippen molar-refractivity contribution in [1.82, 2.24) is 29.6 Å². The van der Waals surface area contributed by atoms with E-state index in [0.717, 1.165) is 26.4 Å². The van der Waals surface area contributed by atoms with Gasteiger partial charge in [-0.25, -0.2) is 32.8 Å². The topological polar surface area (TPSA) is 94.7 Å². The summed E-state index contributed by atoms with van der Waals surface area (Å²) in [6.45, 7) is 0.247. The van der Waals surface area contributed by atoms with Crippen LogP contribution < -0.4 is 11.0 Å². The van der Waals surface area contributed by atoms with E-state index >= 15 is 0 Å². The molecule has 0 atom stereocenters. The highest BCUT2D eigenvalue weighted by atomic mass is 32.1. The number of pyridine rings is 1. The molecule has 30 heavy (non-hydrogen) atoms. The van der Waals surface area contributed by atoms with E-state index in [1.54, 1.807) is 6.20 Å². The van der Waals surface area contributed by atoms with E-state index in [2.05, 4.69) is 20.4 Å². The Bertz CT molecular complexity index is 1250. The quantitative estimate of drug-likeness (QED) is 0.508. The van der Waals surface area contributed by atoms with Crippen molar-refractivity contribution in [1.29, 1.82) is 0 Å². The van der Waals surface area contributed by atoms with Crippen LogP contribution in [0.5, 0.6) is 0 Å². The van der Waals surface area contributed by atoms with Crippen LogP contribution in [0.1, 0.15) is 20.9 Å². The fourth-order valence-corrected chi connectivity index (χ4v) is 3.26. The standard InChI is InChI=1S/C19H14F2N6O2S/c20-14-2-1-12(7-15(14)21)10-27-19(29)26(11-25-27)16-8-13(3-4-22-16)18(28)24-9-17-23-5-6-30-17/h1-8,11H,9-10H2,(H,24,28). The molecule has 0 spiro atoms. The molecule has 0 aliphatic heterocycles. The van der Waals surface area contributed by atoms with Gasteiger partial charge in [0, 0.05) is 23.3 Å². The van der Waals surface area contributed by atoms with Gasteiger partial charge in [0.25, 0.3) is 5.91 Å². The summed E-state index contributed by atoms with van der Waals surface area (Å²) in [4.78, 5) is 33.2. The summed E-state index contributed by atoms with van der Waals surface area (Å²) in [5, 5.41) is 9.32. The Hall–Kier alpha value is -3.73. The molecule has 0 aliphatic carbocycles. The molecule has 0 radical (unpaired) electrons. The van der Waals surface area contributed by atoms with Crippen molar-refractivity contribution >= 4 is 17.2 Å². The van der Waals surface area contributed by atoms with Gasteiger partial charge in [-0.15, -0.1) is 11.3 Å². The molecular weight excluding hydrogens is 414 g/mol. The van der Waals surface area contributed by atoms with Crippen LogP contribution in [0.25, 0.3) is 5.82 Å². The monoisotopic (exact) mass is 428 g/mol. The third-order valence-electron chi connectivity index (χ3n) is 4.19. The second kappa shape index (κ2) is 8.33. The molecule has 4 aromatic rings. The van der Waals surface area contributed by atoms with Gasteiger partial charge in [0.15, 0.2) is 11.6 Å². The van der Waals surface area contributed by atoms with Crippen molar-refractivity contribution < 1.29 is 13.6 Å². The number of halogens is 2. The zero-order chi connectivity index (χ0) is 21.1. The summed E-state index contributed by atoms with van der Waals surface area (Å²) in [5.41, 5.74) is 0.161. The predicted molar refractivity (Wildman–Crippen MR) is 104 cm³/mol. The molecule has 0 fully saturated rings. The summed E-state index contributed by atoms with van der Waals surface area (Å²) < 4.78 is 28.7. The maximum absolute atomic E-state index is 13.4. The van der Waals surface area contributed by atoms with Gasteiger partial charge in [-0.3, -0.25) is 4.79 Å². The van der Waals surface area contributed by atoms with Crippen molar-refractivity contribution in [2.45, 2.75) is 13.1 Å². The van der Waals surface area contributed by atoms with Crippen molar-refractivity contribution in [3.05, 3.63) is 92.7 Å². The molecule has 0 saturated carbocycles. The number of amides is 1. The second-order valence-electron chi connectivity index (χ2n) is 6.20. The number of aromatic nitrogens is 5. The summed E-state index contributed by atoms with van der Waals surface area (Å²) in [5.74, 6) is -2.10. The van der Waals surface area contributed by atoms with E-state index < -0.39 is 17.3 Å². The molecular formula is C19H14F2N6O2S. The number of carbonyl (C=O) groups is 1. The van der Waals surface area contributed by atoms with Gasteiger partial charge >= 0.3 is 5.69 Å². The van der Waals surface area contributed by atoms with Crippen molar-refractivity contribution in [3.63, 3.8) is 0 Å². The molecule has 8 nitrogen and oxygen atoms in total. The van der Waals surface area contributed by atoms with Gasteiger partial charge < -0.3 is 5.32 Å². The van der Waals surface area contributed by atoms with Crippen LogP contribution in [0.3, 0.4) is 0 Å². The van der Waals surface area contributed by atoms with E-state index in [-0.39, 0.29) is 18.3 Å². The largest absolute Gasteiger partial charge is 0.351 e. The first-order chi connectivity index (χ1) is 14.5. The smallest absolute Gasteiger partial charge is 0.346 e. The van der Waals surface area contributed by atoms with Gasteiger partial charge in [-0.05, 0) is 29.8 Å². The SMILES string of the molecule is O=C(NCc1nccs1)c1ccnc(-n2cnn(Cc3ccc(F)c(F)c3)c2=O)c1. The number of carbonyl (C=O) groups excluding carboxylic acids is 1. The second-order valence-corrected chi connectivity index (χ2v) is 7.18. The highest BCUT2D eigenvalue weighted by Crippen LogP contribution is 2.10. The van der Waals surface area contributed by atoms with Crippen LogP contribution in [0.4, 0.5) is 8.78 Å². The number of rotatable bonds is 6. The van der Waals surface area contributed by atoms with Crippen LogP contribution in [-0.2, 0) is 13.1 Å². The molecule has 4 rings (SSSR count). The average Bonchev–Trinajstić information content (AvgIpc) is 3.39. The van der Waals surface area contributed by atoms with E-state index in [1.807, 2.05) is 5.38 Å². The molecule has 1 aromatic carbocycles. The Balaban J connectivity index is 1.53. The highest BCUT2D eigenvalue weighted by Gasteiger charge is 2.13. The highest BCUT2D eigenvalue weighted by molar-refractivity contribution is 7.09. The first kappa shape index (κ1) is 19.6. The lowest BCUT2D eigenvalue weighted by Gasteiger charge is -2.05. The predicted octanol–water partition coefficient (Wildman–Crippen LogP) is 2.14. The molecule has 3 aromatic heterocycles. The summed E-state index contributed by atoms with van der Waals surface area (Å²) in [7, 11) is 0. The minimum atomic E-state index is -1.00. The third-order valence-corrected chi connectivity index (χ3v) is 4.97. The zero-order valence-electron chi connectivity index (χ0n) is 15.3. The van der Waals surface area contributed by atoms with Crippen LogP contribution in [0.15, 0.2) is 59.2 Å². The molecule has 0 aliphatic rings. The van der Waals surface area contributed by atoms with E-state index in [9.17, 15) is 18.4 Å². The normalized spacial score (nSPS) is 10.9. The van der Waals surface area contributed by atoms with Crippen molar-refractivity contribution in [3.8, 4) is 5.82 Å². The van der Waals surface area contributed by atoms with Gasteiger partial charge in [0.05, 0.1) is 13.1 Å². The van der Waals surface area contributed by atoms with Gasteiger partial charge in [0.1, 0.15) is 17.2 Å². The van der Waals surface area contributed by atoms with E-state index in [4.69, 9.17) is 0 Å². The van der Waals surface area contributed by atoms with Gasteiger partial charge in [-0.2, -0.15) is 5.10 Å². The van der Waals surface area contributed by atoms with Crippen LogP contribution in [0, 0.1) is 11.6 Å². The van der Waals surface area contributed by atoms with Gasteiger partial charge in [0.2, 0.25) is 0 Å². The molecule has 3 heterocycles. The molecule has 0 unspecified atom stereocenters. The first-order valence-corrected chi connectivity index (χ1v) is 9.60. The maximum Gasteiger partial charge on any atom is 0.351 e. The first-order valence-electron chi connectivity index (χ1n) is 8.72. The van der Waals surface area contributed by atoms with E-state index in [1.165, 1.54) is 42.1 Å². The fraction of sp³-hybridized carbons (Fsp3) is 0.105. The van der Waals surface area contributed by atoms with Crippen molar-refractivity contribution in [2.75, 3.05) is 0 Å². The molecule has 152 valence electrons. The number of hydrogen-bond acceptors (Lipinski definition) is 6. The summed E-state index contributed by atoms with van der Waals surface area (Å²) in [6, 6.07) is 6.35. The minimum Gasteiger partial charge on any atom is -0.346 e. The average molecular weight is 428 g/mol. The Kier molecular flexibility index (Phi) is 5.44. The Morgan fingerprint density at radius 1 is 1.10 bits per heavy atom. The van der Waals surface area contributed by atoms with Crippen molar-refractivity contribution in [2.24, 2.45) is 0 Å². The Labute approximate surface area is 172 Å². The number of nitrogens with one attached hydrogen (secondary N) is 1. The van der Waals surface area contributed by atoms with E-state index in [0.29, 0.717) is 17.7 Å². The Morgan fingerprint density at radius 2 is 1.97 bits per heavy atom. The maximum atomic E-state index is 13.4.